The van der Waals surface area contributed by atoms with E-state index in [1.165, 1.54) is 7.11 Å². The van der Waals surface area contributed by atoms with Crippen molar-refractivity contribution in [3.8, 4) is 11.1 Å². The van der Waals surface area contributed by atoms with Gasteiger partial charge in [-0.2, -0.15) is 0 Å². The quantitative estimate of drug-likeness (QED) is 0.344. The Morgan fingerprint density at radius 2 is 1.80 bits per heavy atom. The van der Waals surface area contributed by atoms with Crippen molar-refractivity contribution >= 4 is 17.6 Å². The SMILES string of the molecule is COC(=O)c1cccc(-c2ccc(NC(=O)C(O)C3(O)C(O)C(O)C3CO)cc2)c1. The number of aliphatic hydroxyl groups excluding tert-OH is 4. The van der Waals surface area contributed by atoms with Crippen LogP contribution in [0, 0.1) is 5.92 Å². The molecular formula is C21H23NO8. The highest BCUT2D eigenvalue weighted by molar-refractivity contribution is 5.95. The zero-order chi connectivity index (χ0) is 22.1. The van der Waals surface area contributed by atoms with Gasteiger partial charge in [0.05, 0.1) is 25.4 Å². The molecule has 5 unspecified atom stereocenters. The molecule has 6 N–H and O–H groups in total. The number of hydrogen-bond acceptors (Lipinski definition) is 8. The predicted molar refractivity (Wildman–Crippen MR) is 105 cm³/mol. The summed E-state index contributed by atoms with van der Waals surface area (Å²) in [5, 5.41) is 51.6. The van der Waals surface area contributed by atoms with Gasteiger partial charge in [-0.05, 0) is 35.4 Å². The zero-order valence-electron chi connectivity index (χ0n) is 16.1. The maximum atomic E-state index is 12.3. The van der Waals surface area contributed by atoms with E-state index in [4.69, 9.17) is 4.74 Å². The van der Waals surface area contributed by atoms with Gasteiger partial charge in [-0.25, -0.2) is 4.79 Å². The highest BCUT2D eigenvalue weighted by atomic mass is 16.5. The Labute approximate surface area is 172 Å². The van der Waals surface area contributed by atoms with E-state index in [2.05, 4.69) is 5.32 Å². The molecule has 3 rings (SSSR count). The number of nitrogens with one attached hydrogen (secondary N) is 1. The van der Waals surface area contributed by atoms with Crippen LogP contribution in [-0.4, -0.2) is 75.0 Å². The summed E-state index contributed by atoms with van der Waals surface area (Å²) < 4.78 is 4.70. The zero-order valence-corrected chi connectivity index (χ0v) is 16.1. The van der Waals surface area contributed by atoms with E-state index in [0.29, 0.717) is 11.3 Å². The van der Waals surface area contributed by atoms with E-state index in [1.54, 1.807) is 48.5 Å². The van der Waals surface area contributed by atoms with Gasteiger partial charge in [0.25, 0.3) is 5.91 Å². The lowest BCUT2D eigenvalue weighted by Crippen LogP contribution is -2.77. The van der Waals surface area contributed by atoms with Crippen molar-refractivity contribution in [2.24, 2.45) is 5.92 Å². The van der Waals surface area contributed by atoms with Gasteiger partial charge >= 0.3 is 5.97 Å². The number of carbonyl (C=O) groups excluding carboxylic acids is 2. The van der Waals surface area contributed by atoms with Gasteiger partial charge in [-0.3, -0.25) is 4.79 Å². The molecule has 1 saturated carbocycles. The van der Waals surface area contributed by atoms with Gasteiger partial charge < -0.3 is 35.6 Å². The van der Waals surface area contributed by atoms with Crippen LogP contribution in [0.5, 0.6) is 0 Å². The third-order valence-electron chi connectivity index (χ3n) is 5.46. The number of benzene rings is 2. The summed E-state index contributed by atoms with van der Waals surface area (Å²) in [7, 11) is 1.30. The molecule has 9 nitrogen and oxygen atoms in total. The van der Waals surface area contributed by atoms with Crippen LogP contribution in [-0.2, 0) is 9.53 Å². The summed E-state index contributed by atoms with van der Waals surface area (Å²) in [5.74, 6) is -2.71. The van der Waals surface area contributed by atoms with Gasteiger partial charge in [0.1, 0.15) is 11.7 Å². The van der Waals surface area contributed by atoms with Gasteiger partial charge in [-0.15, -0.1) is 0 Å². The largest absolute Gasteiger partial charge is 0.465 e. The molecule has 1 aliphatic carbocycles. The molecule has 0 heterocycles. The summed E-state index contributed by atoms with van der Waals surface area (Å²) in [4.78, 5) is 24.0. The molecule has 1 aliphatic rings. The van der Waals surface area contributed by atoms with Crippen LogP contribution in [0.15, 0.2) is 48.5 Å². The smallest absolute Gasteiger partial charge is 0.337 e. The molecule has 5 atom stereocenters. The summed E-state index contributed by atoms with van der Waals surface area (Å²) in [6, 6.07) is 13.3. The first-order valence-corrected chi connectivity index (χ1v) is 9.21. The number of amides is 1. The lowest BCUT2D eigenvalue weighted by atomic mass is 9.61. The second kappa shape index (κ2) is 8.50. The van der Waals surface area contributed by atoms with Crippen molar-refractivity contribution in [3.63, 3.8) is 0 Å². The molecule has 1 amide bonds. The van der Waals surface area contributed by atoms with Crippen LogP contribution < -0.4 is 5.32 Å². The summed E-state index contributed by atoms with van der Waals surface area (Å²) in [6.07, 6.45) is -5.27. The molecule has 0 radical (unpaired) electrons. The normalized spacial score (nSPS) is 26.4. The number of hydrogen-bond donors (Lipinski definition) is 6. The highest BCUT2D eigenvalue weighted by Crippen LogP contribution is 2.42. The van der Waals surface area contributed by atoms with Crippen molar-refractivity contribution in [1.82, 2.24) is 0 Å². The minimum atomic E-state index is -2.35. The number of esters is 1. The van der Waals surface area contributed by atoms with Gasteiger partial charge in [0.15, 0.2) is 6.10 Å². The molecular weight excluding hydrogens is 394 g/mol. The number of aliphatic hydroxyl groups is 5. The first-order valence-electron chi connectivity index (χ1n) is 9.21. The Morgan fingerprint density at radius 3 is 2.40 bits per heavy atom. The predicted octanol–water partition coefficient (Wildman–Crippen LogP) is -0.485. The fraction of sp³-hybridized carbons (Fsp3) is 0.333. The molecule has 0 aliphatic heterocycles. The van der Waals surface area contributed by atoms with Gasteiger partial charge in [0.2, 0.25) is 0 Å². The molecule has 0 spiro atoms. The van der Waals surface area contributed by atoms with Crippen LogP contribution in [0.3, 0.4) is 0 Å². The lowest BCUT2D eigenvalue weighted by molar-refractivity contribution is -0.295. The Hall–Kier alpha value is -2.82. The fourth-order valence-electron chi connectivity index (χ4n) is 3.60. The third kappa shape index (κ3) is 3.69. The Morgan fingerprint density at radius 1 is 1.13 bits per heavy atom. The Bertz CT molecular complexity index is 931. The lowest BCUT2D eigenvalue weighted by Gasteiger charge is -2.54. The Kier molecular flexibility index (Phi) is 6.20. The monoisotopic (exact) mass is 417 g/mol. The molecule has 0 aromatic heterocycles. The number of ether oxygens (including phenoxy) is 1. The first-order chi connectivity index (χ1) is 14.2. The van der Waals surface area contributed by atoms with E-state index in [9.17, 15) is 35.1 Å². The highest BCUT2D eigenvalue weighted by Gasteiger charge is 2.65. The number of anilines is 1. The van der Waals surface area contributed by atoms with Gasteiger partial charge in [0, 0.05) is 11.6 Å². The van der Waals surface area contributed by atoms with E-state index in [-0.39, 0.29) is 0 Å². The Balaban J connectivity index is 1.72. The number of carbonyl (C=O) groups is 2. The van der Waals surface area contributed by atoms with Crippen molar-refractivity contribution in [3.05, 3.63) is 54.1 Å². The molecule has 0 saturated heterocycles. The van der Waals surface area contributed by atoms with E-state index < -0.39 is 48.3 Å². The van der Waals surface area contributed by atoms with Crippen LogP contribution in [0.4, 0.5) is 5.69 Å². The molecule has 9 heteroatoms. The van der Waals surface area contributed by atoms with Crippen molar-refractivity contribution in [1.29, 1.82) is 0 Å². The van der Waals surface area contributed by atoms with Crippen molar-refractivity contribution in [2.75, 3.05) is 19.0 Å². The summed E-state index contributed by atoms with van der Waals surface area (Å²) >= 11 is 0. The molecule has 160 valence electrons. The molecule has 2 aromatic carbocycles. The molecule has 0 bridgehead atoms. The topological polar surface area (TPSA) is 157 Å². The second-order valence-corrected chi connectivity index (χ2v) is 7.15. The minimum absolute atomic E-state index is 0.311. The molecule has 1 fully saturated rings. The van der Waals surface area contributed by atoms with Crippen LogP contribution in [0.25, 0.3) is 11.1 Å². The van der Waals surface area contributed by atoms with Crippen molar-refractivity contribution in [2.45, 2.75) is 23.9 Å². The molecule has 2 aromatic rings. The van der Waals surface area contributed by atoms with Crippen LogP contribution in [0.2, 0.25) is 0 Å². The van der Waals surface area contributed by atoms with E-state index in [1.807, 2.05) is 0 Å². The average Bonchev–Trinajstić information content (AvgIpc) is 2.78. The fourth-order valence-corrected chi connectivity index (χ4v) is 3.60. The summed E-state index contributed by atoms with van der Waals surface area (Å²) in [5.41, 5.74) is -0.140. The average molecular weight is 417 g/mol. The third-order valence-corrected chi connectivity index (χ3v) is 5.46. The standard InChI is InChI=1S/C21H23NO8/c1-30-20(28)13-4-2-3-12(9-13)11-5-7-14(8-6-11)22-19(27)18(26)21(29)15(10-23)16(24)17(21)25/h2-9,15-18,23-26,29H,10H2,1H3,(H,22,27). The maximum absolute atomic E-state index is 12.3. The summed E-state index contributed by atoms with van der Waals surface area (Å²) in [6.45, 7) is -0.710. The second-order valence-electron chi connectivity index (χ2n) is 7.15. The first kappa shape index (κ1) is 21.9. The van der Waals surface area contributed by atoms with Crippen LogP contribution in [0.1, 0.15) is 10.4 Å². The van der Waals surface area contributed by atoms with Crippen molar-refractivity contribution < 1.29 is 39.9 Å². The number of rotatable bonds is 6. The molecule has 30 heavy (non-hydrogen) atoms. The number of methoxy groups -OCH3 is 1. The maximum Gasteiger partial charge on any atom is 0.337 e. The van der Waals surface area contributed by atoms with E-state index in [0.717, 1.165) is 11.1 Å². The van der Waals surface area contributed by atoms with Crippen LogP contribution >= 0.6 is 0 Å². The van der Waals surface area contributed by atoms with E-state index >= 15 is 0 Å². The minimum Gasteiger partial charge on any atom is -0.465 e. The van der Waals surface area contributed by atoms with Gasteiger partial charge in [-0.1, -0.05) is 24.3 Å².